The Labute approximate surface area is 99.4 Å². The molecule has 98 valence electrons. The molecule has 0 bridgehead atoms. The molecule has 0 saturated carbocycles. The van der Waals surface area contributed by atoms with E-state index in [-0.39, 0.29) is 13.0 Å². The topological polar surface area (TPSA) is 102 Å². The van der Waals surface area contributed by atoms with E-state index in [9.17, 15) is 9.59 Å². The average Bonchev–Trinajstić information content (AvgIpc) is 2.58. The van der Waals surface area contributed by atoms with Gasteiger partial charge in [-0.2, -0.15) is 0 Å². The molecule has 1 aliphatic heterocycles. The first kappa shape index (κ1) is 13.7. The van der Waals surface area contributed by atoms with Gasteiger partial charge in [-0.3, -0.25) is 9.74 Å². The number of rotatable bonds is 2. The highest BCUT2D eigenvalue weighted by Crippen LogP contribution is 2.22. The molecule has 3 N–H and O–H groups in total. The molecule has 7 nitrogen and oxygen atoms in total. The second-order valence-corrected chi connectivity index (χ2v) is 4.98. The quantitative estimate of drug-likeness (QED) is 0.681. The van der Waals surface area contributed by atoms with Gasteiger partial charge >= 0.3 is 12.1 Å². The molecule has 1 amide bonds. The van der Waals surface area contributed by atoms with Crippen molar-refractivity contribution >= 4 is 12.1 Å². The molecule has 1 heterocycles. The van der Waals surface area contributed by atoms with E-state index < -0.39 is 29.8 Å². The normalized spacial score (nSPS) is 24.8. The van der Waals surface area contributed by atoms with E-state index in [2.05, 4.69) is 4.84 Å². The van der Waals surface area contributed by atoms with Crippen molar-refractivity contribution in [2.45, 2.75) is 44.9 Å². The molecule has 7 heteroatoms. The minimum atomic E-state index is -1.09. The number of likely N-dealkylation sites (tertiary alicyclic amines) is 1. The van der Waals surface area contributed by atoms with E-state index in [0.29, 0.717) is 0 Å². The zero-order chi connectivity index (χ0) is 13.2. The number of nitrogens with zero attached hydrogens (tertiary/aromatic N) is 1. The van der Waals surface area contributed by atoms with E-state index in [1.165, 1.54) is 0 Å². The van der Waals surface area contributed by atoms with Crippen LogP contribution in [0, 0.1) is 0 Å². The number of hydrogen-bond donors (Lipinski definition) is 2. The van der Waals surface area contributed by atoms with Crippen LogP contribution in [0.15, 0.2) is 0 Å². The van der Waals surface area contributed by atoms with Crippen molar-refractivity contribution in [1.29, 1.82) is 0 Å². The van der Waals surface area contributed by atoms with Crippen molar-refractivity contribution in [3.05, 3.63) is 0 Å². The van der Waals surface area contributed by atoms with Gasteiger partial charge in [0.1, 0.15) is 11.6 Å². The zero-order valence-corrected chi connectivity index (χ0v) is 10.2. The Kier molecular flexibility index (Phi) is 3.94. The van der Waals surface area contributed by atoms with Crippen LogP contribution in [-0.4, -0.2) is 46.4 Å². The Morgan fingerprint density at radius 3 is 2.41 bits per heavy atom. The van der Waals surface area contributed by atoms with Crippen molar-refractivity contribution in [3.63, 3.8) is 0 Å². The van der Waals surface area contributed by atoms with Gasteiger partial charge in [-0.25, -0.2) is 15.5 Å². The largest absolute Gasteiger partial charge is 0.480 e. The van der Waals surface area contributed by atoms with Crippen molar-refractivity contribution < 1.29 is 24.3 Å². The molecule has 0 aromatic rings. The summed E-state index contributed by atoms with van der Waals surface area (Å²) >= 11 is 0. The maximum atomic E-state index is 11.8. The van der Waals surface area contributed by atoms with Crippen LogP contribution in [0.3, 0.4) is 0 Å². The highest BCUT2D eigenvalue weighted by molar-refractivity contribution is 5.81. The SMILES string of the molecule is CC(C)(C)OC(=O)N1C[C@@H](ON)C[C@@H]1C(=O)O. The highest BCUT2D eigenvalue weighted by Gasteiger charge is 2.42. The Balaban J connectivity index is 2.73. The minimum Gasteiger partial charge on any atom is -0.480 e. The van der Waals surface area contributed by atoms with Crippen molar-refractivity contribution in [2.75, 3.05) is 6.54 Å². The van der Waals surface area contributed by atoms with Gasteiger partial charge in [0.2, 0.25) is 0 Å². The number of amides is 1. The Hall–Kier alpha value is -1.34. The summed E-state index contributed by atoms with van der Waals surface area (Å²) in [7, 11) is 0. The lowest BCUT2D eigenvalue weighted by Crippen LogP contribution is -2.43. The second-order valence-electron chi connectivity index (χ2n) is 4.98. The summed E-state index contributed by atoms with van der Waals surface area (Å²) in [5.74, 6) is 3.93. The lowest BCUT2D eigenvalue weighted by atomic mass is 10.2. The molecule has 0 radical (unpaired) electrons. The zero-order valence-electron chi connectivity index (χ0n) is 10.2. The fourth-order valence-corrected chi connectivity index (χ4v) is 1.65. The molecule has 17 heavy (non-hydrogen) atoms. The number of nitrogens with two attached hydrogens (primary N) is 1. The Bertz CT molecular complexity index is 312. The molecule has 1 rings (SSSR count). The van der Waals surface area contributed by atoms with Gasteiger partial charge in [-0.15, -0.1) is 0 Å². The number of carboxylic acid groups (broad SMARTS) is 1. The third-order valence-electron chi connectivity index (χ3n) is 2.37. The predicted octanol–water partition coefficient (Wildman–Crippen LogP) is 0.339. The summed E-state index contributed by atoms with van der Waals surface area (Å²) in [5.41, 5.74) is -0.665. The predicted molar refractivity (Wildman–Crippen MR) is 58.0 cm³/mol. The van der Waals surface area contributed by atoms with Gasteiger partial charge in [0, 0.05) is 6.42 Å². The third kappa shape index (κ3) is 3.57. The number of ether oxygens (including phenoxy) is 1. The number of carboxylic acids is 1. The summed E-state index contributed by atoms with van der Waals surface area (Å²) < 4.78 is 5.12. The highest BCUT2D eigenvalue weighted by atomic mass is 16.6. The van der Waals surface area contributed by atoms with Gasteiger partial charge in [0.05, 0.1) is 12.6 Å². The summed E-state index contributed by atoms with van der Waals surface area (Å²) in [4.78, 5) is 28.5. The third-order valence-corrected chi connectivity index (χ3v) is 2.37. The summed E-state index contributed by atoms with van der Waals surface area (Å²) in [6.45, 7) is 5.28. The molecule has 0 aromatic carbocycles. The van der Waals surface area contributed by atoms with Crippen LogP contribution in [0.4, 0.5) is 4.79 Å². The molecule has 1 fully saturated rings. The van der Waals surface area contributed by atoms with Gasteiger partial charge in [0.25, 0.3) is 0 Å². The number of aliphatic carboxylic acids is 1. The first-order valence-corrected chi connectivity index (χ1v) is 5.32. The van der Waals surface area contributed by atoms with E-state index in [4.69, 9.17) is 15.7 Å². The van der Waals surface area contributed by atoms with E-state index >= 15 is 0 Å². The van der Waals surface area contributed by atoms with Crippen LogP contribution in [0.2, 0.25) is 0 Å². The first-order chi connectivity index (χ1) is 7.74. The van der Waals surface area contributed by atoms with Crippen molar-refractivity contribution in [2.24, 2.45) is 5.90 Å². The number of carbonyl (C=O) groups excluding carboxylic acids is 1. The minimum absolute atomic E-state index is 0.127. The monoisotopic (exact) mass is 246 g/mol. The van der Waals surface area contributed by atoms with Crippen LogP contribution in [0.5, 0.6) is 0 Å². The van der Waals surface area contributed by atoms with Crippen LogP contribution in [0.25, 0.3) is 0 Å². The molecule has 1 aliphatic rings. The maximum Gasteiger partial charge on any atom is 0.411 e. The van der Waals surface area contributed by atoms with Crippen LogP contribution in [0.1, 0.15) is 27.2 Å². The molecule has 0 aromatic heterocycles. The molecule has 0 spiro atoms. The molecular weight excluding hydrogens is 228 g/mol. The van der Waals surface area contributed by atoms with Crippen LogP contribution >= 0.6 is 0 Å². The van der Waals surface area contributed by atoms with Gasteiger partial charge in [-0.1, -0.05) is 0 Å². The van der Waals surface area contributed by atoms with E-state index in [1.807, 2.05) is 0 Å². The van der Waals surface area contributed by atoms with Gasteiger partial charge in [0.15, 0.2) is 0 Å². The molecule has 1 saturated heterocycles. The molecular formula is C10H18N2O5. The molecule has 0 unspecified atom stereocenters. The lowest BCUT2D eigenvalue weighted by Gasteiger charge is -2.26. The Morgan fingerprint density at radius 1 is 1.41 bits per heavy atom. The summed E-state index contributed by atoms with van der Waals surface area (Å²) in [5, 5.41) is 9.00. The van der Waals surface area contributed by atoms with Crippen LogP contribution < -0.4 is 5.90 Å². The fraction of sp³-hybridized carbons (Fsp3) is 0.800. The summed E-state index contributed by atoms with van der Waals surface area (Å²) in [6, 6.07) is -0.946. The lowest BCUT2D eigenvalue weighted by molar-refractivity contribution is -0.142. The molecule has 0 aliphatic carbocycles. The van der Waals surface area contributed by atoms with E-state index in [0.717, 1.165) is 4.90 Å². The van der Waals surface area contributed by atoms with E-state index in [1.54, 1.807) is 20.8 Å². The summed E-state index contributed by atoms with van der Waals surface area (Å²) in [6.07, 6.45) is -0.960. The standard InChI is InChI=1S/C10H18N2O5/c1-10(2,3)16-9(15)12-5-6(17-11)4-7(12)8(13)14/h6-7H,4-5,11H2,1-3H3,(H,13,14)/t6-,7+/m0/s1. The molecule has 2 atom stereocenters. The van der Waals surface area contributed by atoms with Crippen molar-refractivity contribution in [1.82, 2.24) is 4.90 Å². The average molecular weight is 246 g/mol. The first-order valence-electron chi connectivity index (χ1n) is 5.32. The maximum absolute atomic E-state index is 11.8. The fourth-order valence-electron chi connectivity index (χ4n) is 1.65. The second kappa shape index (κ2) is 4.89. The van der Waals surface area contributed by atoms with Crippen LogP contribution in [-0.2, 0) is 14.4 Å². The number of hydrogen-bond acceptors (Lipinski definition) is 5. The van der Waals surface area contributed by atoms with Gasteiger partial charge < -0.3 is 9.84 Å². The van der Waals surface area contributed by atoms with Gasteiger partial charge in [-0.05, 0) is 20.8 Å². The van der Waals surface area contributed by atoms with Crippen molar-refractivity contribution in [3.8, 4) is 0 Å². The number of carbonyl (C=O) groups is 2. The smallest absolute Gasteiger partial charge is 0.411 e. The Morgan fingerprint density at radius 2 is 2.00 bits per heavy atom.